The summed E-state index contributed by atoms with van der Waals surface area (Å²) < 4.78 is 7.08. The van der Waals surface area contributed by atoms with Gasteiger partial charge < -0.3 is 4.74 Å². The molecule has 3 heteroatoms. The molecule has 3 aromatic rings. The van der Waals surface area contributed by atoms with Crippen molar-refractivity contribution in [2.75, 3.05) is 0 Å². The predicted molar refractivity (Wildman–Crippen MR) is 118 cm³/mol. The third-order valence-corrected chi connectivity index (χ3v) is 7.45. The van der Waals surface area contributed by atoms with Crippen LogP contribution >= 0.6 is 11.8 Å². The van der Waals surface area contributed by atoms with E-state index in [4.69, 9.17) is 9.73 Å². The van der Waals surface area contributed by atoms with Crippen LogP contribution in [0.1, 0.15) is 17.5 Å². The zero-order valence-electron chi connectivity index (χ0n) is 16.1. The topological polar surface area (TPSA) is 21.6 Å². The molecule has 0 atom stereocenters. The van der Waals surface area contributed by atoms with Crippen LogP contribution in [0.15, 0.2) is 123 Å². The number of allylic oxidation sites excluding steroid dienone is 4. The zero-order chi connectivity index (χ0) is 19.7. The summed E-state index contributed by atoms with van der Waals surface area (Å²) in [5, 5.41) is 2.20. The molecule has 1 aliphatic carbocycles. The third kappa shape index (κ3) is 1.98. The molecule has 3 aliphatic heterocycles. The summed E-state index contributed by atoms with van der Waals surface area (Å²) in [7, 11) is 0. The summed E-state index contributed by atoms with van der Waals surface area (Å²) >= 11 is 1.82. The van der Waals surface area contributed by atoms with E-state index in [-0.39, 0.29) is 0 Å². The molecule has 30 heavy (non-hydrogen) atoms. The first kappa shape index (κ1) is 16.5. The van der Waals surface area contributed by atoms with Crippen molar-refractivity contribution in [3.8, 4) is 0 Å². The van der Waals surface area contributed by atoms with Crippen LogP contribution in [0.3, 0.4) is 0 Å². The molecule has 3 heterocycles. The van der Waals surface area contributed by atoms with Crippen molar-refractivity contribution >= 4 is 17.3 Å². The minimum Gasteiger partial charge on any atom is -0.472 e. The van der Waals surface area contributed by atoms with Crippen molar-refractivity contribution in [2.24, 2.45) is 4.99 Å². The smallest absolute Gasteiger partial charge is 0.189 e. The number of hydrogen-bond acceptors (Lipinski definition) is 3. The molecule has 3 aromatic carbocycles. The highest BCUT2D eigenvalue weighted by Crippen LogP contribution is 2.59. The summed E-state index contributed by atoms with van der Waals surface area (Å²) in [6.07, 6.45) is 7.21. The van der Waals surface area contributed by atoms with Crippen LogP contribution in [-0.2, 0) is 10.3 Å². The van der Waals surface area contributed by atoms with Crippen LogP contribution in [0, 0.1) is 0 Å². The van der Waals surface area contributed by atoms with Crippen molar-refractivity contribution in [1.29, 1.82) is 0 Å². The standard InChI is InChI=1S/C27H17NOS/c1-5-13-21-17(9-1)25-26(28-21)18-10-2-6-14-22(18)29-27(25)19-11-3-7-15-23(19)30-24-16-8-4-12-20(24)27/h1-9,11-16H,10H2. The molecular weight excluding hydrogens is 386 g/mol. The van der Waals surface area contributed by atoms with Crippen molar-refractivity contribution in [3.63, 3.8) is 0 Å². The molecule has 0 amide bonds. The zero-order valence-corrected chi connectivity index (χ0v) is 16.9. The van der Waals surface area contributed by atoms with Gasteiger partial charge in [-0.1, -0.05) is 78.5 Å². The lowest BCUT2D eigenvalue weighted by atomic mass is 9.74. The monoisotopic (exact) mass is 403 g/mol. The number of hydrogen-bond donors (Lipinski definition) is 0. The van der Waals surface area contributed by atoms with Gasteiger partial charge in [-0.15, -0.1) is 0 Å². The molecule has 0 saturated carbocycles. The van der Waals surface area contributed by atoms with Gasteiger partial charge in [-0.3, -0.25) is 0 Å². The van der Waals surface area contributed by atoms with Gasteiger partial charge in [-0.05, 0) is 30.7 Å². The van der Waals surface area contributed by atoms with Crippen LogP contribution in [0.2, 0.25) is 0 Å². The van der Waals surface area contributed by atoms with E-state index in [1.807, 2.05) is 11.8 Å². The molecule has 0 unspecified atom stereocenters. The van der Waals surface area contributed by atoms with Gasteiger partial charge in [0.2, 0.25) is 0 Å². The van der Waals surface area contributed by atoms with E-state index in [0.29, 0.717) is 0 Å². The highest BCUT2D eigenvalue weighted by atomic mass is 32.2. The predicted octanol–water partition coefficient (Wildman–Crippen LogP) is 5.01. The van der Waals surface area contributed by atoms with Crippen molar-refractivity contribution < 1.29 is 4.74 Å². The summed E-state index contributed by atoms with van der Waals surface area (Å²) in [5.41, 5.74) is 5.13. The Morgan fingerprint density at radius 3 is 2.33 bits per heavy atom. The summed E-state index contributed by atoms with van der Waals surface area (Å²) in [6, 6.07) is 25.8. The Balaban J connectivity index is 1.71. The molecule has 0 bridgehead atoms. The number of ether oxygens (including phenoxy) is 1. The Morgan fingerprint density at radius 1 is 0.833 bits per heavy atom. The van der Waals surface area contributed by atoms with Crippen LogP contribution in [0.25, 0.3) is 5.57 Å². The van der Waals surface area contributed by atoms with E-state index in [9.17, 15) is 0 Å². The third-order valence-electron chi connectivity index (χ3n) is 6.30. The van der Waals surface area contributed by atoms with Gasteiger partial charge in [-0.2, -0.15) is 0 Å². The average molecular weight is 404 g/mol. The van der Waals surface area contributed by atoms with Crippen molar-refractivity contribution in [2.45, 2.75) is 21.8 Å². The number of rotatable bonds is 0. The van der Waals surface area contributed by atoms with Gasteiger partial charge >= 0.3 is 0 Å². The Morgan fingerprint density at radius 2 is 1.53 bits per heavy atom. The second kappa shape index (κ2) is 5.87. The maximum absolute atomic E-state index is 7.08. The lowest BCUT2D eigenvalue weighted by molar-refractivity contribution is 0.0803. The lowest BCUT2D eigenvalue weighted by Crippen LogP contribution is -2.42. The fraction of sp³-hybridized carbons (Fsp3) is 0.0741. The average Bonchev–Trinajstić information content (AvgIpc) is 3.20. The molecule has 2 nitrogen and oxygen atoms in total. The summed E-state index contributed by atoms with van der Waals surface area (Å²) in [6.45, 7) is 0. The van der Waals surface area contributed by atoms with Gasteiger partial charge in [-0.25, -0.2) is 4.99 Å². The van der Waals surface area contributed by atoms with Crippen molar-refractivity contribution in [1.82, 2.24) is 0 Å². The van der Waals surface area contributed by atoms with Crippen LogP contribution in [0.4, 0.5) is 0 Å². The van der Waals surface area contributed by atoms with Gasteiger partial charge in [0, 0.05) is 37.3 Å². The number of para-hydroxylation sites is 1. The Labute approximate surface area is 178 Å². The van der Waals surface area contributed by atoms with Gasteiger partial charge in [0.25, 0.3) is 0 Å². The molecule has 7 rings (SSSR count). The van der Waals surface area contributed by atoms with Crippen LogP contribution in [-0.4, -0.2) is 0 Å². The number of nitrogens with zero attached hydrogens (tertiary/aromatic N) is 1. The first-order valence-corrected chi connectivity index (χ1v) is 11.0. The molecule has 4 aliphatic rings. The lowest BCUT2D eigenvalue weighted by Gasteiger charge is -2.45. The molecule has 0 N–H and O–H groups in total. The first-order valence-electron chi connectivity index (χ1n) is 10.2. The van der Waals surface area contributed by atoms with E-state index in [1.165, 1.54) is 37.3 Å². The number of fused-ring (bicyclic) bond motifs is 8. The fourth-order valence-electron chi connectivity index (χ4n) is 5.06. The maximum Gasteiger partial charge on any atom is 0.189 e. The molecule has 0 fully saturated rings. The molecule has 0 saturated heterocycles. The normalized spacial score (nSPS) is 19.1. The quantitative estimate of drug-likeness (QED) is 0.526. The van der Waals surface area contributed by atoms with E-state index in [0.717, 1.165) is 23.2 Å². The van der Waals surface area contributed by atoms with Gasteiger partial charge in [0.15, 0.2) is 5.60 Å². The highest BCUT2D eigenvalue weighted by molar-refractivity contribution is 7.99. The minimum atomic E-state index is -0.704. The Kier molecular flexibility index (Phi) is 3.22. The van der Waals surface area contributed by atoms with E-state index >= 15 is 0 Å². The molecular formula is C27H17NOS. The summed E-state index contributed by atoms with van der Waals surface area (Å²) in [5.74, 6) is 0.935. The second-order valence-corrected chi connectivity index (χ2v) is 8.96. The first-order chi connectivity index (χ1) is 14.9. The molecule has 0 radical (unpaired) electrons. The Hall–Kier alpha value is -3.30. The fourth-order valence-corrected chi connectivity index (χ4v) is 6.24. The molecule has 142 valence electrons. The highest BCUT2D eigenvalue weighted by Gasteiger charge is 2.52. The number of benzene rings is 3. The largest absolute Gasteiger partial charge is 0.472 e. The minimum absolute atomic E-state index is 0.704. The molecule has 1 spiro atoms. The second-order valence-electron chi connectivity index (χ2n) is 7.87. The van der Waals surface area contributed by atoms with E-state index < -0.39 is 5.60 Å². The van der Waals surface area contributed by atoms with Gasteiger partial charge in [0.1, 0.15) is 5.76 Å². The van der Waals surface area contributed by atoms with Gasteiger partial charge in [0.05, 0.1) is 11.1 Å². The van der Waals surface area contributed by atoms with Crippen LogP contribution < -0.4 is 10.6 Å². The SMILES string of the molecule is C1=CCC2=C3N=c4ccccc4=C3C3(OC2=C1)c1ccccc1Sc1ccccc13. The van der Waals surface area contributed by atoms with E-state index in [2.05, 4.69) is 91.0 Å². The van der Waals surface area contributed by atoms with E-state index in [1.54, 1.807) is 0 Å². The molecule has 0 aromatic heterocycles. The Bertz CT molecular complexity index is 1430. The maximum atomic E-state index is 7.08. The summed E-state index contributed by atoms with van der Waals surface area (Å²) in [4.78, 5) is 7.61. The van der Waals surface area contributed by atoms with Crippen LogP contribution in [0.5, 0.6) is 0 Å². The van der Waals surface area contributed by atoms with Crippen molar-refractivity contribution in [3.05, 3.63) is 130 Å².